The van der Waals surface area contributed by atoms with E-state index < -0.39 is 6.10 Å². The zero-order valence-electron chi connectivity index (χ0n) is 17.1. The first kappa shape index (κ1) is 20.5. The Balaban J connectivity index is 2.42. The van der Waals surface area contributed by atoms with Gasteiger partial charge in [-0.1, -0.05) is 53.7 Å². The predicted octanol–water partition coefficient (Wildman–Crippen LogP) is 5.35. The zero-order chi connectivity index (χ0) is 19.5. The second-order valence-corrected chi connectivity index (χ2v) is 8.87. The highest BCUT2D eigenvalue weighted by Gasteiger charge is 2.28. The van der Waals surface area contributed by atoms with Crippen LogP contribution in [0.2, 0.25) is 0 Å². The molecule has 0 amide bonds. The van der Waals surface area contributed by atoms with E-state index in [4.69, 9.17) is 9.72 Å². The summed E-state index contributed by atoms with van der Waals surface area (Å²) in [6.45, 7) is 15.1. The third-order valence-electron chi connectivity index (χ3n) is 4.29. The number of aliphatic hydroxyl groups excluding tert-OH is 1. The maximum absolute atomic E-state index is 10.5. The van der Waals surface area contributed by atoms with E-state index in [1.165, 1.54) is 0 Å². The van der Waals surface area contributed by atoms with Gasteiger partial charge in [0.1, 0.15) is 12.2 Å². The van der Waals surface area contributed by atoms with E-state index in [1.54, 1.807) is 0 Å². The van der Waals surface area contributed by atoms with Crippen molar-refractivity contribution in [1.29, 1.82) is 0 Å². The summed E-state index contributed by atoms with van der Waals surface area (Å²) in [5.74, 6) is 0. The van der Waals surface area contributed by atoms with Crippen LogP contribution in [0.15, 0.2) is 36.4 Å². The van der Waals surface area contributed by atoms with E-state index in [-0.39, 0.29) is 16.9 Å². The molecule has 0 spiro atoms. The van der Waals surface area contributed by atoms with E-state index in [0.29, 0.717) is 12.3 Å². The fraction of sp³-hybridized carbons (Fsp3) is 0.545. The lowest BCUT2D eigenvalue weighted by molar-refractivity contribution is -0.0160. The number of aliphatic hydroxyl groups is 1. The van der Waals surface area contributed by atoms with Gasteiger partial charge in [-0.25, -0.2) is 9.97 Å². The molecule has 2 aromatic heterocycles. The van der Waals surface area contributed by atoms with Crippen molar-refractivity contribution >= 4 is 0 Å². The second-order valence-electron chi connectivity index (χ2n) is 8.87. The first-order chi connectivity index (χ1) is 12.0. The van der Waals surface area contributed by atoms with Crippen LogP contribution < -0.4 is 0 Å². The van der Waals surface area contributed by atoms with Gasteiger partial charge < -0.3 is 9.84 Å². The topological polar surface area (TPSA) is 55.2 Å². The summed E-state index contributed by atoms with van der Waals surface area (Å²) in [6, 6.07) is 11.7. The molecular weight excluding hydrogens is 324 g/mol. The van der Waals surface area contributed by atoms with Gasteiger partial charge in [0.25, 0.3) is 0 Å². The van der Waals surface area contributed by atoms with Gasteiger partial charge in [-0.15, -0.1) is 0 Å². The monoisotopic (exact) mass is 356 g/mol. The quantitative estimate of drug-likeness (QED) is 0.785. The summed E-state index contributed by atoms with van der Waals surface area (Å²) in [7, 11) is 0. The van der Waals surface area contributed by atoms with Gasteiger partial charge in [-0.3, -0.25) is 0 Å². The smallest absolute Gasteiger partial charge is 0.104 e. The molecule has 0 unspecified atom stereocenters. The Bertz CT molecular complexity index is 729. The van der Waals surface area contributed by atoms with Gasteiger partial charge in [0, 0.05) is 6.61 Å². The number of rotatable bonds is 5. The second kappa shape index (κ2) is 7.85. The molecule has 0 saturated carbocycles. The number of ether oxygens (including phenoxy) is 1. The van der Waals surface area contributed by atoms with Crippen molar-refractivity contribution in [3.05, 3.63) is 47.8 Å². The highest BCUT2D eigenvalue weighted by atomic mass is 16.5. The molecule has 0 aliphatic rings. The number of hydrogen-bond acceptors (Lipinski definition) is 4. The molecule has 1 N–H and O–H groups in total. The van der Waals surface area contributed by atoms with Crippen LogP contribution in [0, 0.1) is 10.8 Å². The fourth-order valence-electron chi connectivity index (χ4n) is 2.88. The Labute approximate surface area is 157 Å². The lowest BCUT2D eigenvalue weighted by Gasteiger charge is -2.30. The molecule has 2 heterocycles. The van der Waals surface area contributed by atoms with Crippen molar-refractivity contribution in [2.75, 3.05) is 6.61 Å². The fourth-order valence-corrected chi connectivity index (χ4v) is 2.88. The summed E-state index contributed by atoms with van der Waals surface area (Å²) in [5, 5.41) is 10.5. The van der Waals surface area contributed by atoms with Gasteiger partial charge in [-0.2, -0.15) is 0 Å². The maximum Gasteiger partial charge on any atom is 0.104 e. The van der Waals surface area contributed by atoms with Crippen LogP contribution in [-0.4, -0.2) is 21.7 Å². The minimum Gasteiger partial charge on any atom is -0.386 e. The summed E-state index contributed by atoms with van der Waals surface area (Å²) in [6.07, 6.45) is -0.716. The van der Waals surface area contributed by atoms with Gasteiger partial charge in [0.05, 0.1) is 22.8 Å². The predicted molar refractivity (Wildman–Crippen MR) is 106 cm³/mol. The van der Waals surface area contributed by atoms with Crippen LogP contribution in [0.3, 0.4) is 0 Å². The Morgan fingerprint density at radius 3 is 1.81 bits per heavy atom. The highest BCUT2D eigenvalue weighted by Crippen LogP contribution is 2.36. The van der Waals surface area contributed by atoms with E-state index in [2.05, 4.69) is 25.8 Å². The molecule has 4 nitrogen and oxygen atoms in total. The summed E-state index contributed by atoms with van der Waals surface area (Å²) < 4.78 is 5.97. The molecule has 2 atom stereocenters. The van der Waals surface area contributed by atoms with Crippen molar-refractivity contribution in [2.45, 2.75) is 60.7 Å². The minimum atomic E-state index is -0.628. The number of hydrogen-bond donors (Lipinski definition) is 1. The normalized spacial score (nSPS) is 14.9. The van der Waals surface area contributed by atoms with Crippen molar-refractivity contribution < 1.29 is 9.84 Å². The van der Waals surface area contributed by atoms with E-state index in [9.17, 15) is 5.11 Å². The average molecular weight is 357 g/mol. The summed E-state index contributed by atoms with van der Waals surface area (Å²) in [5.41, 5.74) is 2.79. The zero-order valence-corrected chi connectivity index (χ0v) is 17.1. The third kappa shape index (κ3) is 4.89. The van der Waals surface area contributed by atoms with Crippen LogP contribution in [-0.2, 0) is 4.74 Å². The third-order valence-corrected chi connectivity index (χ3v) is 4.29. The molecule has 26 heavy (non-hydrogen) atoms. The lowest BCUT2D eigenvalue weighted by atomic mass is 9.86. The van der Waals surface area contributed by atoms with Crippen LogP contribution in [0.5, 0.6) is 0 Å². The standard InChI is InChI=1S/C22H32N2O2/c1-8-26-20(22(5,6)7)18-14-10-12-16(24-18)15-11-9-13-17(23-15)19(25)21(2,3)4/h9-14,19-20,25H,8H2,1-7H3/t19-,20-/m1/s1. The minimum absolute atomic E-state index is 0.0562. The molecule has 142 valence electrons. The molecular formula is C22H32N2O2. The highest BCUT2D eigenvalue weighted by molar-refractivity contribution is 5.54. The van der Waals surface area contributed by atoms with E-state index in [1.807, 2.05) is 64.1 Å². The largest absolute Gasteiger partial charge is 0.386 e. The molecule has 0 radical (unpaired) electrons. The molecule has 0 aliphatic heterocycles. The molecule has 2 rings (SSSR count). The maximum atomic E-state index is 10.5. The average Bonchev–Trinajstić information content (AvgIpc) is 2.57. The van der Waals surface area contributed by atoms with Crippen molar-refractivity contribution in [2.24, 2.45) is 10.8 Å². The van der Waals surface area contributed by atoms with Crippen molar-refractivity contribution in [3.8, 4) is 11.4 Å². The SMILES string of the molecule is CCO[C@H](c1cccc(-c2cccc([C@@H](O)C(C)(C)C)n2)n1)C(C)(C)C. The molecule has 4 heteroatoms. The van der Waals surface area contributed by atoms with Crippen LogP contribution >= 0.6 is 0 Å². The van der Waals surface area contributed by atoms with Crippen LogP contribution in [0.4, 0.5) is 0 Å². The molecule has 0 bridgehead atoms. The molecule has 0 aliphatic carbocycles. The summed E-state index contributed by atoms with van der Waals surface area (Å²) >= 11 is 0. The number of aromatic nitrogens is 2. The first-order valence-corrected chi connectivity index (χ1v) is 9.28. The van der Waals surface area contributed by atoms with Gasteiger partial charge in [-0.05, 0) is 42.0 Å². The number of nitrogens with zero attached hydrogens (tertiary/aromatic N) is 2. The Kier molecular flexibility index (Phi) is 6.20. The molecule has 0 saturated heterocycles. The Morgan fingerprint density at radius 2 is 1.35 bits per heavy atom. The van der Waals surface area contributed by atoms with Gasteiger partial charge >= 0.3 is 0 Å². The van der Waals surface area contributed by atoms with Crippen molar-refractivity contribution in [3.63, 3.8) is 0 Å². The van der Waals surface area contributed by atoms with Crippen LogP contribution in [0.25, 0.3) is 11.4 Å². The Morgan fingerprint density at radius 1 is 0.846 bits per heavy atom. The van der Waals surface area contributed by atoms with Gasteiger partial charge in [0.2, 0.25) is 0 Å². The van der Waals surface area contributed by atoms with Gasteiger partial charge in [0.15, 0.2) is 0 Å². The Hall–Kier alpha value is -1.78. The molecule has 0 aromatic carbocycles. The molecule has 2 aromatic rings. The molecule has 0 fully saturated rings. The lowest BCUT2D eigenvalue weighted by Crippen LogP contribution is -2.22. The summed E-state index contributed by atoms with van der Waals surface area (Å²) in [4.78, 5) is 9.49. The van der Waals surface area contributed by atoms with E-state index >= 15 is 0 Å². The van der Waals surface area contributed by atoms with Crippen LogP contribution in [0.1, 0.15) is 72.1 Å². The van der Waals surface area contributed by atoms with E-state index in [0.717, 1.165) is 17.1 Å². The first-order valence-electron chi connectivity index (χ1n) is 9.28. The number of pyridine rings is 2. The van der Waals surface area contributed by atoms with Crippen molar-refractivity contribution in [1.82, 2.24) is 9.97 Å².